The fraction of sp³-hybridized carbons (Fsp3) is 0.167. The van der Waals surface area contributed by atoms with Gasteiger partial charge in [-0.05, 0) is 0 Å². The molecule has 0 spiro atoms. The van der Waals surface area contributed by atoms with Crippen LogP contribution in [0.5, 0.6) is 0 Å². The Morgan fingerprint density at radius 3 is 2.60 bits per heavy atom. The third kappa shape index (κ3) is 1.70. The minimum atomic E-state index is -1.39. The van der Waals surface area contributed by atoms with Gasteiger partial charge in [0.05, 0.1) is 0 Å². The Labute approximate surface area is 61.9 Å². The Hall–Kier alpha value is -0.580. The van der Waals surface area contributed by atoms with Crippen molar-refractivity contribution in [3.8, 4) is 0 Å². The van der Waals surface area contributed by atoms with E-state index in [9.17, 15) is 9.66 Å². The summed E-state index contributed by atoms with van der Waals surface area (Å²) in [7, 11) is 0. The highest BCUT2D eigenvalue weighted by Gasteiger charge is 2.06. The zero-order valence-electron chi connectivity index (χ0n) is 5.19. The van der Waals surface area contributed by atoms with Gasteiger partial charge in [-0.3, -0.25) is 4.98 Å². The highest BCUT2D eigenvalue weighted by Crippen LogP contribution is 2.06. The van der Waals surface area contributed by atoms with Crippen LogP contribution in [0.15, 0.2) is 29.4 Å². The van der Waals surface area contributed by atoms with Gasteiger partial charge >= 0.3 is 0 Å². The Morgan fingerprint density at radius 1 is 1.50 bits per heavy atom. The quantitative estimate of drug-likeness (QED) is 0.588. The zero-order valence-corrected chi connectivity index (χ0v) is 6.00. The minimum absolute atomic E-state index is 0.546. The molecule has 0 aliphatic carbocycles. The summed E-state index contributed by atoms with van der Waals surface area (Å²) in [5, 5.41) is 10.1. The molecule has 0 bridgehead atoms. The lowest BCUT2D eigenvalue weighted by Gasteiger charge is -2.03. The third-order valence-electron chi connectivity index (χ3n) is 1.02. The van der Waals surface area contributed by atoms with E-state index in [4.69, 9.17) is 0 Å². The summed E-state index contributed by atoms with van der Waals surface area (Å²) in [6, 6.07) is 3.15. The van der Waals surface area contributed by atoms with Crippen LogP contribution < -0.4 is 0 Å². The van der Waals surface area contributed by atoms with Crippen LogP contribution in [0.4, 0.5) is 0 Å². The molecule has 0 aliphatic heterocycles. The first kappa shape index (κ1) is 7.53. The molecule has 0 N–H and O–H groups in total. The molecule has 1 rings (SSSR count). The number of nitrogens with zero attached hydrogens (tertiary/aromatic N) is 1. The van der Waals surface area contributed by atoms with Crippen LogP contribution in [-0.2, 0) is 16.3 Å². The average Bonchev–Trinajstić information content (AvgIpc) is 2.05. The van der Waals surface area contributed by atoms with Crippen LogP contribution in [-0.4, -0.2) is 15.5 Å². The lowest BCUT2D eigenvalue weighted by atomic mass is 10.5. The van der Waals surface area contributed by atoms with Crippen molar-refractivity contribution < 1.29 is 9.66 Å². The monoisotopic (exact) mass is 156 g/mol. The molecule has 1 unspecified atom stereocenters. The van der Waals surface area contributed by atoms with Gasteiger partial charge < -0.3 is 4.55 Å². The van der Waals surface area contributed by atoms with Crippen molar-refractivity contribution in [2.75, 3.05) is 5.94 Å². The van der Waals surface area contributed by atoms with Crippen LogP contribution in [0.2, 0.25) is 0 Å². The van der Waals surface area contributed by atoms with Crippen LogP contribution in [0.3, 0.4) is 0 Å². The molecular weight excluding hydrogens is 150 g/mol. The van der Waals surface area contributed by atoms with Gasteiger partial charge in [0.25, 0.3) is 0 Å². The molecule has 1 atom stereocenters. The Kier molecular flexibility index (Phi) is 2.68. The maximum absolute atomic E-state index is 10.8. The molecule has 1 heterocycles. The molecule has 0 saturated carbocycles. The maximum atomic E-state index is 10.8. The van der Waals surface area contributed by atoms with Gasteiger partial charge in [0, 0.05) is 35.7 Å². The zero-order chi connectivity index (χ0) is 7.40. The summed E-state index contributed by atoms with van der Waals surface area (Å²) in [6.07, 6.45) is 3.03. The van der Waals surface area contributed by atoms with E-state index in [-0.39, 0.29) is 0 Å². The first-order valence-electron chi connectivity index (χ1n) is 2.71. The highest BCUT2D eigenvalue weighted by molar-refractivity contribution is 7.91. The van der Waals surface area contributed by atoms with E-state index in [1.54, 1.807) is 12.1 Å². The van der Waals surface area contributed by atoms with Gasteiger partial charge in [0.2, 0.25) is 5.94 Å². The number of hydrogen-bond acceptors (Lipinski definition) is 2. The second-order valence-electron chi connectivity index (χ2n) is 1.65. The van der Waals surface area contributed by atoms with E-state index < -0.39 is 17.1 Å². The molecule has 10 heavy (non-hydrogen) atoms. The van der Waals surface area contributed by atoms with E-state index in [1.807, 2.05) is 0 Å². The lowest BCUT2D eigenvalue weighted by molar-refractivity contribution is 0.250. The van der Waals surface area contributed by atoms with Gasteiger partial charge in [-0.2, -0.15) is 5.11 Å². The van der Waals surface area contributed by atoms with E-state index in [0.29, 0.717) is 4.90 Å². The maximum Gasteiger partial charge on any atom is 0.241 e. The predicted octanol–water partition coefficient (Wildman–Crippen LogP) is 0.577. The fourth-order valence-corrected chi connectivity index (χ4v) is 1.12. The van der Waals surface area contributed by atoms with Crippen LogP contribution in [0.25, 0.3) is 0 Å². The summed E-state index contributed by atoms with van der Waals surface area (Å²) in [6.45, 7) is 0. The van der Waals surface area contributed by atoms with E-state index in [2.05, 4.69) is 4.98 Å². The molecule has 0 fully saturated rings. The fourth-order valence-electron chi connectivity index (χ4n) is 0.558. The van der Waals surface area contributed by atoms with Crippen LogP contribution in [0.1, 0.15) is 0 Å². The molecular formula is C6H6NO2S. The summed E-state index contributed by atoms with van der Waals surface area (Å²) in [5.41, 5.74) is 0. The number of pyridine rings is 1. The summed E-state index contributed by atoms with van der Waals surface area (Å²) in [4.78, 5) is 4.27. The number of rotatable bonds is 2. The smallest absolute Gasteiger partial charge is 0.241 e. The lowest BCUT2D eigenvalue weighted by Crippen LogP contribution is -2.04. The largest absolute Gasteiger partial charge is 0.610 e. The third-order valence-corrected chi connectivity index (χ3v) is 2.03. The van der Waals surface area contributed by atoms with Crippen molar-refractivity contribution in [3.63, 3.8) is 0 Å². The number of aromatic nitrogens is 1. The SMILES string of the molecule is [O]C[S+]([O-])c1ccncc1. The average molecular weight is 156 g/mol. The number of hydrogen-bond donors (Lipinski definition) is 0. The first-order chi connectivity index (χ1) is 4.84. The van der Waals surface area contributed by atoms with Gasteiger partial charge in [0.15, 0.2) is 4.90 Å². The Morgan fingerprint density at radius 2 is 2.10 bits per heavy atom. The Bertz CT molecular complexity index is 192. The van der Waals surface area contributed by atoms with Crippen LogP contribution in [0, 0.1) is 0 Å². The summed E-state index contributed by atoms with van der Waals surface area (Å²) >= 11 is -1.39. The molecule has 0 aliphatic rings. The normalized spacial score (nSPS) is 13.0. The molecule has 53 valence electrons. The van der Waals surface area contributed by atoms with E-state index in [1.165, 1.54) is 12.4 Å². The second-order valence-corrected chi connectivity index (χ2v) is 3.04. The Balaban J connectivity index is 2.75. The predicted molar refractivity (Wildman–Crippen MR) is 36.2 cm³/mol. The molecule has 0 aromatic carbocycles. The van der Waals surface area contributed by atoms with Crippen molar-refractivity contribution in [2.24, 2.45) is 0 Å². The second kappa shape index (κ2) is 3.55. The van der Waals surface area contributed by atoms with E-state index >= 15 is 0 Å². The first-order valence-corrected chi connectivity index (χ1v) is 4.03. The van der Waals surface area contributed by atoms with Crippen molar-refractivity contribution >= 4 is 11.2 Å². The molecule has 3 nitrogen and oxygen atoms in total. The molecule has 1 aromatic heterocycles. The molecule has 0 saturated heterocycles. The van der Waals surface area contributed by atoms with Gasteiger partial charge in [-0.15, -0.1) is 0 Å². The minimum Gasteiger partial charge on any atom is -0.610 e. The van der Waals surface area contributed by atoms with Crippen LogP contribution >= 0.6 is 0 Å². The van der Waals surface area contributed by atoms with Crippen molar-refractivity contribution in [2.45, 2.75) is 4.90 Å². The van der Waals surface area contributed by atoms with E-state index in [0.717, 1.165) is 0 Å². The molecule has 0 amide bonds. The van der Waals surface area contributed by atoms with Crippen molar-refractivity contribution in [1.82, 2.24) is 4.98 Å². The molecule has 4 heteroatoms. The van der Waals surface area contributed by atoms with Crippen molar-refractivity contribution in [1.29, 1.82) is 0 Å². The summed E-state index contributed by atoms with van der Waals surface area (Å²) < 4.78 is 10.8. The van der Waals surface area contributed by atoms with Gasteiger partial charge in [0.1, 0.15) is 0 Å². The standard InChI is InChI=1S/C6H6NO2S/c8-5-10(9)6-1-3-7-4-2-6/h1-4H,5H2. The van der Waals surface area contributed by atoms with Gasteiger partial charge in [-0.25, -0.2) is 0 Å². The highest BCUT2D eigenvalue weighted by atomic mass is 32.2. The molecule has 1 aromatic rings. The van der Waals surface area contributed by atoms with Gasteiger partial charge in [-0.1, -0.05) is 0 Å². The summed E-state index contributed by atoms with van der Waals surface area (Å²) in [5.74, 6) is -0.579. The molecule has 1 radical (unpaired) electrons. The topological polar surface area (TPSA) is 55.8 Å². The van der Waals surface area contributed by atoms with Crippen molar-refractivity contribution in [3.05, 3.63) is 24.5 Å².